The molecule has 0 aromatic carbocycles. The van der Waals surface area contributed by atoms with Crippen molar-refractivity contribution >= 4 is 17.7 Å². The Hall–Kier alpha value is -0.220. The highest BCUT2D eigenvalue weighted by Gasteiger charge is 2.48. The molecule has 0 bridgehead atoms. The number of carboxylic acid groups (broad SMARTS) is 1. The Balaban J connectivity index is 2.16. The van der Waals surface area contributed by atoms with Crippen molar-refractivity contribution in [3.63, 3.8) is 0 Å². The maximum atomic E-state index is 11.2. The van der Waals surface area contributed by atoms with Crippen LogP contribution >= 0.6 is 11.8 Å². The van der Waals surface area contributed by atoms with Crippen LogP contribution in [-0.2, 0) is 4.79 Å². The summed E-state index contributed by atoms with van der Waals surface area (Å²) in [4.78, 5) is 11.2. The van der Waals surface area contributed by atoms with E-state index in [4.69, 9.17) is 0 Å². The SMILES string of the molecule is O=C(O)C1(C2CCCS2)CCCN1. The van der Waals surface area contributed by atoms with E-state index in [1.807, 2.05) is 11.8 Å². The minimum absolute atomic E-state index is 0.299. The van der Waals surface area contributed by atoms with Crippen molar-refractivity contribution in [2.45, 2.75) is 36.5 Å². The second-order valence-corrected chi connectivity index (χ2v) is 5.12. The van der Waals surface area contributed by atoms with Crippen molar-refractivity contribution < 1.29 is 9.90 Å². The topological polar surface area (TPSA) is 49.3 Å². The fourth-order valence-corrected chi connectivity index (χ4v) is 3.87. The van der Waals surface area contributed by atoms with Crippen LogP contribution in [0.3, 0.4) is 0 Å². The number of hydrogen-bond acceptors (Lipinski definition) is 3. The normalized spacial score (nSPS) is 39.5. The van der Waals surface area contributed by atoms with Crippen LogP contribution in [-0.4, -0.2) is 34.2 Å². The summed E-state index contributed by atoms with van der Waals surface area (Å²) in [6.07, 6.45) is 4.04. The highest BCUT2D eigenvalue weighted by Crippen LogP contribution is 2.39. The van der Waals surface area contributed by atoms with Crippen LogP contribution in [0.1, 0.15) is 25.7 Å². The van der Waals surface area contributed by atoms with Gasteiger partial charge in [-0.15, -0.1) is 0 Å². The molecule has 0 saturated carbocycles. The lowest BCUT2D eigenvalue weighted by Gasteiger charge is -2.30. The standard InChI is InChI=1S/C9H15NO2S/c11-8(12)9(4-2-5-10-9)7-3-1-6-13-7/h7,10H,1-6H2,(H,11,12). The molecule has 0 spiro atoms. The average molecular weight is 201 g/mol. The Morgan fingerprint density at radius 2 is 2.38 bits per heavy atom. The van der Waals surface area contributed by atoms with E-state index in [0.717, 1.165) is 31.6 Å². The van der Waals surface area contributed by atoms with Crippen molar-refractivity contribution in [3.8, 4) is 0 Å². The zero-order valence-electron chi connectivity index (χ0n) is 7.58. The number of aliphatic carboxylic acids is 1. The molecule has 0 radical (unpaired) electrons. The zero-order valence-corrected chi connectivity index (χ0v) is 8.40. The zero-order chi connectivity index (χ0) is 9.31. The van der Waals surface area contributed by atoms with Gasteiger partial charge in [0.15, 0.2) is 0 Å². The van der Waals surface area contributed by atoms with Crippen molar-refractivity contribution in [2.75, 3.05) is 12.3 Å². The summed E-state index contributed by atoms with van der Waals surface area (Å²) in [6, 6.07) is 0. The molecule has 3 nitrogen and oxygen atoms in total. The van der Waals surface area contributed by atoms with E-state index in [9.17, 15) is 9.90 Å². The van der Waals surface area contributed by atoms with Crippen LogP contribution in [0.4, 0.5) is 0 Å². The van der Waals surface area contributed by atoms with Gasteiger partial charge in [0.2, 0.25) is 0 Å². The Bertz CT molecular complexity index is 208. The number of thioether (sulfide) groups is 1. The van der Waals surface area contributed by atoms with Gasteiger partial charge in [0.05, 0.1) is 0 Å². The van der Waals surface area contributed by atoms with Gasteiger partial charge in [-0.1, -0.05) is 0 Å². The molecular formula is C9H15NO2S. The summed E-state index contributed by atoms with van der Waals surface area (Å²) in [5, 5.41) is 12.7. The Labute approximate surface area is 82.3 Å². The van der Waals surface area contributed by atoms with E-state index in [1.165, 1.54) is 6.42 Å². The lowest BCUT2D eigenvalue weighted by molar-refractivity contribution is -0.144. The molecule has 4 heteroatoms. The molecule has 2 aliphatic rings. The third-order valence-electron chi connectivity index (χ3n) is 3.05. The van der Waals surface area contributed by atoms with Gasteiger partial charge >= 0.3 is 5.97 Å². The third kappa shape index (κ3) is 1.46. The number of carbonyl (C=O) groups is 1. The van der Waals surface area contributed by atoms with Crippen LogP contribution < -0.4 is 5.32 Å². The second kappa shape index (κ2) is 3.50. The summed E-state index contributed by atoms with van der Waals surface area (Å²) in [6.45, 7) is 0.864. The van der Waals surface area contributed by atoms with Crippen molar-refractivity contribution in [1.29, 1.82) is 0 Å². The number of rotatable bonds is 2. The maximum Gasteiger partial charge on any atom is 0.325 e. The summed E-state index contributed by atoms with van der Waals surface area (Å²) in [5.41, 5.74) is -0.596. The predicted octanol–water partition coefficient (Wildman–Crippen LogP) is 1.09. The van der Waals surface area contributed by atoms with Gasteiger partial charge in [0, 0.05) is 5.25 Å². The second-order valence-electron chi connectivity index (χ2n) is 3.81. The van der Waals surface area contributed by atoms with Crippen LogP contribution in [0.25, 0.3) is 0 Å². The first-order valence-electron chi connectivity index (χ1n) is 4.86. The van der Waals surface area contributed by atoms with E-state index < -0.39 is 11.5 Å². The molecule has 0 aromatic heterocycles. The number of carboxylic acids is 1. The molecular weight excluding hydrogens is 186 g/mol. The summed E-state index contributed by atoms with van der Waals surface area (Å²) in [7, 11) is 0. The highest BCUT2D eigenvalue weighted by molar-refractivity contribution is 8.00. The van der Waals surface area contributed by atoms with E-state index in [-0.39, 0.29) is 0 Å². The van der Waals surface area contributed by atoms with Crippen LogP contribution in [0, 0.1) is 0 Å². The molecule has 74 valence electrons. The van der Waals surface area contributed by atoms with E-state index in [1.54, 1.807) is 0 Å². The molecule has 0 amide bonds. The van der Waals surface area contributed by atoms with Gasteiger partial charge < -0.3 is 10.4 Å². The minimum atomic E-state index is -0.649. The van der Waals surface area contributed by atoms with Crippen molar-refractivity contribution in [2.24, 2.45) is 0 Å². The van der Waals surface area contributed by atoms with Crippen LogP contribution in [0.15, 0.2) is 0 Å². The molecule has 0 aliphatic carbocycles. The highest BCUT2D eigenvalue weighted by atomic mass is 32.2. The van der Waals surface area contributed by atoms with Gasteiger partial charge in [-0.05, 0) is 38.0 Å². The maximum absolute atomic E-state index is 11.2. The molecule has 13 heavy (non-hydrogen) atoms. The molecule has 2 saturated heterocycles. The minimum Gasteiger partial charge on any atom is -0.480 e. The quantitative estimate of drug-likeness (QED) is 0.702. The lowest BCUT2D eigenvalue weighted by Crippen LogP contribution is -2.54. The fourth-order valence-electron chi connectivity index (χ4n) is 2.33. The fraction of sp³-hybridized carbons (Fsp3) is 0.889. The smallest absolute Gasteiger partial charge is 0.325 e. The van der Waals surface area contributed by atoms with Crippen molar-refractivity contribution in [1.82, 2.24) is 5.32 Å². The van der Waals surface area contributed by atoms with Gasteiger partial charge in [-0.2, -0.15) is 11.8 Å². The Morgan fingerprint density at radius 1 is 1.54 bits per heavy atom. The molecule has 2 aliphatic heterocycles. The van der Waals surface area contributed by atoms with Gasteiger partial charge in [-0.25, -0.2) is 0 Å². The summed E-state index contributed by atoms with van der Waals surface area (Å²) in [5.74, 6) is 0.478. The first kappa shape index (κ1) is 9.34. The van der Waals surface area contributed by atoms with E-state index in [2.05, 4.69) is 5.32 Å². The van der Waals surface area contributed by atoms with Gasteiger partial charge in [-0.3, -0.25) is 4.79 Å². The average Bonchev–Trinajstić information content (AvgIpc) is 2.75. The molecule has 2 rings (SSSR count). The largest absolute Gasteiger partial charge is 0.480 e. The molecule has 2 fully saturated rings. The van der Waals surface area contributed by atoms with Crippen molar-refractivity contribution in [3.05, 3.63) is 0 Å². The number of nitrogens with one attached hydrogen (secondary N) is 1. The third-order valence-corrected chi connectivity index (χ3v) is 4.61. The molecule has 0 aromatic rings. The van der Waals surface area contributed by atoms with Crippen LogP contribution in [0.2, 0.25) is 0 Å². The van der Waals surface area contributed by atoms with Gasteiger partial charge in [0.25, 0.3) is 0 Å². The molecule has 2 heterocycles. The lowest BCUT2D eigenvalue weighted by atomic mass is 9.91. The Morgan fingerprint density at radius 3 is 2.85 bits per heavy atom. The predicted molar refractivity (Wildman–Crippen MR) is 53.1 cm³/mol. The van der Waals surface area contributed by atoms with E-state index >= 15 is 0 Å². The van der Waals surface area contributed by atoms with E-state index in [0.29, 0.717) is 5.25 Å². The number of hydrogen-bond donors (Lipinski definition) is 2. The molecule has 2 unspecified atom stereocenters. The first-order chi connectivity index (χ1) is 6.26. The summed E-state index contributed by atoms with van der Waals surface area (Å²) < 4.78 is 0. The molecule has 2 atom stereocenters. The molecule has 2 N–H and O–H groups in total. The summed E-state index contributed by atoms with van der Waals surface area (Å²) >= 11 is 1.82. The monoisotopic (exact) mass is 201 g/mol. The van der Waals surface area contributed by atoms with Crippen LogP contribution in [0.5, 0.6) is 0 Å². The van der Waals surface area contributed by atoms with Gasteiger partial charge in [0.1, 0.15) is 5.54 Å². The first-order valence-corrected chi connectivity index (χ1v) is 5.90. The Kier molecular flexibility index (Phi) is 2.51.